The van der Waals surface area contributed by atoms with Crippen molar-refractivity contribution in [3.63, 3.8) is 0 Å². The van der Waals surface area contributed by atoms with E-state index in [1.54, 1.807) is 7.11 Å². The number of benzene rings is 4. The molecule has 0 bridgehead atoms. The van der Waals surface area contributed by atoms with Crippen molar-refractivity contribution in [2.45, 2.75) is 27.0 Å². The van der Waals surface area contributed by atoms with Gasteiger partial charge in [0.1, 0.15) is 18.1 Å². The van der Waals surface area contributed by atoms with Crippen molar-refractivity contribution >= 4 is 21.8 Å². The second kappa shape index (κ2) is 8.43. The average Bonchev–Trinajstić information content (AvgIpc) is 3.15. The summed E-state index contributed by atoms with van der Waals surface area (Å²) in [7, 11) is 1.72. The maximum atomic E-state index is 6.07. The lowest BCUT2D eigenvalue weighted by molar-refractivity contribution is 0.306. The third-order valence-corrected chi connectivity index (χ3v) is 6.11. The molecule has 3 heteroatoms. The molecule has 5 aromatic rings. The maximum absolute atomic E-state index is 6.07. The molecule has 0 saturated heterocycles. The molecule has 0 aliphatic carbocycles. The zero-order valence-electron chi connectivity index (χ0n) is 18.8. The van der Waals surface area contributed by atoms with Crippen LogP contribution in [0.3, 0.4) is 0 Å². The van der Waals surface area contributed by atoms with Crippen LogP contribution in [-0.4, -0.2) is 11.7 Å². The number of methoxy groups -OCH3 is 1. The van der Waals surface area contributed by atoms with Crippen LogP contribution in [0.1, 0.15) is 22.3 Å². The van der Waals surface area contributed by atoms with Gasteiger partial charge in [0.2, 0.25) is 0 Å². The summed E-state index contributed by atoms with van der Waals surface area (Å²) in [6.45, 7) is 5.72. The highest BCUT2D eigenvalue weighted by Crippen LogP contribution is 2.36. The molecule has 0 saturated carbocycles. The summed E-state index contributed by atoms with van der Waals surface area (Å²) in [6.07, 6.45) is 0. The van der Waals surface area contributed by atoms with E-state index in [1.807, 2.05) is 30.3 Å². The van der Waals surface area contributed by atoms with Crippen LogP contribution in [0.4, 0.5) is 0 Å². The van der Waals surface area contributed by atoms with Gasteiger partial charge < -0.3 is 14.0 Å². The van der Waals surface area contributed by atoms with Gasteiger partial charge in [-0.05, 0) is 66.4 Å². The summed E-state index contributed by atoms with van der Waals surface area (Å²) in [5.74, 6) is 1.77. The highest BCUT2D eigenvalue weighted by Gasteiger charge is 2.16. The molecule has 0 spiro atoms. The quantitative estimate of drug-likeness (QED) is 0.293. The smallest absolute Gasteiger partial charge is 0.120 e. The molecule has 0 radical (unpaired) electrons. The summed E-state index contributed by atoms with van der Waals surface area (Å²) in [6, 6.07) is 29.5. The third kappa shape index (κ3) is 3.71. The number of fused-ring (bicyclic) bond motifs is 3. The minimum Gasteiger partial charge on any atom is -0.497 e. The van der Waals surface area contributed by atoms with Gasteiger partial charge in [0.25, 0.3) is 0 Å². The van der Waals surface area contributed by atoms with E-state index in [9.17, 15) is 0 Å². The number of hydrogen-bond donors (Lipinski definition) is 0. The zero-order chi connectivity index (χ0) is 22.1. The Morgan fingerprint density at radius 3 is 2.31 bits per heavy atom. The summed E-state index contributed by atoms with van der Waals surface area (Å²) >= 11 is 0. The van der Waals surface area contributed by atoms with Crippen LogP contribution in [0.5, 0.6) is 11.5 Å². The number of hydrogen-bond acceptors (Lipinski definition) is 2. The zero-order valence-corrected chi connectivity index (χ0v) is 18.8. The molecule has 1 heterocycles. The van der Waals surface area contributed by atoms with Crippen LogP contribution < -0.4 is 9.47 Å². The fourth-order valence-corrected chi connectivity index (χ4v) is 4.50. The van der Waals surface area contributed by atoms with E-state index in [1.165, 1.54) is 44.1 Å². The summed E-state index contributed by atoms with van der Waals surface area (Å²) < 4.78 is 14.0. The minimum atomic E-state index is 0.567. The van der Waals surface area contributed by atoms with Crippen molar-refractivity contribution in [2.24, 2.45) is 0 Å². The van der Waals surface area contributed by atoms with E-state index in [0.29, 0.717) is 6.61 Å². The Hall–Kier alpha value is -3.72. The molecule has 0 aliphatic heterocycles. The van der Waals surface area contributed by atoms with Crippen LogP contribution in [-0.2, 0) is 13.2 Å². The van der Waals surface area contributed by atoms with Gasteiger partial charge in [0.15, 0.2) is 0 Å². The van der Waals surface area contributed by atoms with Crippen molar-refractivity contribution in [3.8, 4) is 11.5 Å². The van der Waals surface area contributed by atoms with Gasteiger partial charge in [-0.15, -0.1) is 0 Å². The Balaban J connectivity index is 1.54. The summed E-state index contributed by atoms with van der Waals surface area (Å²) in [5.41, 5.74) is 7.43. The predicted octanol–water partition coefficient (Wildman–Crippen LogP) is 7.05. The van der Waals surface area contributed by atoms with Crippen LogP contribution in [0.15, 0.2) is 84.9 Å². The molecule has 0 amide bonds. The van der Waals surface area contributed by atoms with E-state index >= 15 is 0 Å². The van der Waals surface area contributed by atoms with Crippen molar-refractivity contribution in [1.82, 2.24) is 4.57 Å². The minimum absolute atomic E-state index is 0.567. The first-order valence-corrected chi connectivity index (χ1v) is 11.0. The largest absolute Gasteiger partial charge is 0.497 e. The Morgan fingerprint density at radius 2 is 1.50 bits per heavy atom. The molecule has 4 aromatic carbocycles. The lowest BCUT2D eigenvalue weighted by Gasteiger charge is -2.12. The predicted molar refractivity (Wildman–Crippen MR) is 132 cm³/mol. The first-order valence-electron chi connectivity index (χ1n) is 11.0. The molecule has 0 unspecified atom stereocenters. The lowest BCUT2D eigenvalue weighted by atomic mass is 10.0. The number of ether oxygens (including phenoxy) is 2. The van der Waals surface area contributed by atoms with Crippen molar-refractivity contribution in [2.75, 3.05) is 7.11 Å². The molecular formula is C29H27NO2. The number of rotatable bonds is 6. The Labute approximate surface area is 188 Å². The molecule has 32 heavy (non-hydrogen) atoms. The first-order chi connectivity index (χ1) is 15.6. The monoisotopic (exact) mass is 421 g/mol. The molecule has 0 N–H and O–H groups in total. The van der Waals surface area contributed by atoms with Gasteiger partial charge in [-0.2, -0.15) is 0 Å². The van der Waals surface area contributed by atoms with Crippen LogP contribution >= 0.6 is 0 Å². The van der Waals surface area contributed by atoms with Crippen molar-refractivity contribution in [3.05, 3.63) is 107 Å². The first kappa shape index (κ1) is 20.2. The topological polar surface area (TPSA) is 23.4 Å². The summed E-state index contributed by atoms with van der Waals surface area (Å²) in [5, 5.41) is 2.53. The molecule has 5 rings (SSSR count). The molecule has 0 atom stereocenters. The molecule has 1 aromatic heterocycles. The normalized spacial score (nSPS) is 11.2. The molecule has 3 nitrogen and oxygen atoms in total. The summed E-state index contributed by atoms with van der Waals surface area (Å²) in [4.78, 5) is 0. The van der Waals surface area contributed by atoms with E-state index < -0.39 is 0 Å². The van der Waals surface area contributed by atoms with Gasteiger partial charge >= 0.3 is 0 Å². The van der Waals surface area contributed by atoms with E-state index in [2.05, 4.69) is 73.0 Å². The molecule has 0 aliphatic rings. The maximum Gasteiger partial charge on any atom is 0.120 e. The number of aryl methyl sites for hydroxylation is 2. The molecular weight excluding hydrogens is 394 g/mol. The second-order valence-corrected chi connectivity index (χ2v) is 8.31. The van der Waals surface area contributed by atoms with Gasteiger partial charge in [-0.25, -0.2) is 0 Å². The van der Waals surface area contributed by atoms with E-state index in [0.717, 1.165) is 18.0 Å². The fourth-order valence-electron chi connectivity index (χ4n) is 4.50. The van der Waals surface area contributed by atoms with E-state index in [-0.39, 0.29) is 0 Å². The average molecular weight is 422 g/mol. The van der Waals surface area contributed by atoms with Gasteiger partial charge in [-0.3, -0.25) is 0 Å². The van der Waals surface area contributed by atoms with Gasteiger partial charge in [-0.1, -0.05) is 54.6 Å². The fraction of sp³-hybridized carbons (Fsp3) is 0.172. The molecule has 160 valence electrons. The lowest BCUT2D eigenvalue weighted by Crippen LogP contribution is -2.02. The molecule has 0 fully saturated rings. The SMILES string of the molecule is COc1ccc2c(c1)c1c(C)ccc(C)c1n2Cc1cccc(OCc2ccccc2)c1. The van der Waals surface area contributed by atoms with Crippen LogP contribution in [0, 0.1) is 13.8 Å². The van der Waals surface area contributed by atoms with Crippen molar-refractivity contribution < 1.29 is 9.47 Å². The third-order valence-electron chi connectivity index (χ3n) is 6.11. The van der Waals surface area contributed by atoms with E-state index in [4.69, 9.17) is 9.47 Å². The highest BCUT2D eigenvalue weighted by atomic mass is 16.5. The highest BCUT2D eigenvalue weighted by molar-refractivity contribution is 6.11. The van der Waals surface area contributed by atoms with Crippen LogP contribution in [0.25, 0.3) is 21.8 Å². The number of nitrogens with zero attached hydrogens (tertiary/aromatic N) is 1. The Kier molecular flexibility index (Phi) is 5.32. The second-order valence-electron chi connectivity index (χ2n) is 8.31. The van der Waals surface area contributed by atoms with Gasteiger partial charge in [0.05, 0.1) is 12.6 Å². The number of aromatic nitrogens is 1. The Bertz CT molecular complexity index is 1400. The Morgan fingerprint density at radius 1 is 0.719 bits per heavy atom. The van der Waals surface area contributed by atoms with Crippen molar-refractivity contribution in [1.29, 1.82) is 0 Å². The van der Waals surface area contributed by atoms with Gasteiger partial charge in [0, 0.05) is 22.8 Å². The standard InChI is InChI=1S/C29H27NO2/c1-20-12-13-21(2)29-28(20)26-17-24(31-3)14-15-27(26)30(29)18-23-10-7-11-25(16-23)32-19-22-8-5-4-6-9-22/h4-17H,18-19H2,1-3H3. The van der Waals surface area contributed by atoms with Crippen LogP contribution in [0.2, 0.25) is 0 Å².